The molecule has 1 saturated heterocycles. The zero-order valence-electron chi connectivity index (χ0n) is 16.3. The summed E-state index contributed by atoms with van der Waals surface area (Å²) >= 11 is 0. The van der Waals surface area contributed by atoms with Crippen molar-refractivity contribution in [2.75, 3.05) is 25.5 Å². The Kier molecular flexibility index (Phi) is 6.71. The molecule has 1 aliphatic heterocycles. The van der Waals surface area contributed by atoms with Crippen molar-refractivity contribution in [3.05, 3.63) is 59.7 Å². The number of ether oxygens (including phenoxy) is 1. The van der Waals surface area contributed by atoms with Gasteiger partial charge in [0.2, 0.25) is 0 Å². The van der Waals surface area contributed by atoms with Crippen molar-refractivity contribution in [1.82, 2.24) is 4.90 Å². The van der Waals surface area contributed by atoms with E-state index < -0.39 is 0 Å². The molecule has 0 radical (unpaired) electrons. The van der Waals surface area contributed by atoms with Crippen LogP contribution in [0.5, 0.6) is 5.75 Å². The smallest absolute Gasteiger partial charge is 0.193 e. The molecule has 5 nitrogen and oxygen atoms in total. The molecule has 2 aromatic rings. The van der Waals surface area contributed by atoms with Gasteiger partial charge in [-0.15, -0.1) is 0 Å². The van der Waals surface area contributed by atoms with Gasteiger partial charge in [0.15, 0.2) is 5.96 Å². The van der Waals surface area contributed by atoms with Gasteiger partial charge in [-0.25, -0.2) is 4.99 Å². The number of hydrogen-bond donors (Lipinski definition) is 2. The molecule has 1 fully saturated rings. The number of anilines is 1. The molecule has 0 atom stereocenters. The molecule has 27 heavy (non-hydrogen) atoms. The lowest BCUT2D eigenvalue weighted by atomic mass is 9.98. The van der Waals surface area contributed by atoms with Crippen LogP contribution >= 0.6 is 0 Å². The SMILES string of the molecule is COc1ccccc1NC(N)=NCc1ccccc1CN1CCC(C)CC1. The van der Waals surface area contributed by atoms with Crippen molar-refractivity contribution in [1.29, 1.82) is 0 Å². The maximum Gasteiger partial charge on any atom is 0.193 e. The first-order valence-corrected chi connectivity index (χ1v) is 9.65. The highest BCUT2D eigenvalue weighted by Gasteiger charge is 2.16. The number of nitrogens with one attached hydrogen (secondary N) is 1. The lowest BCUT2D eigenvalue weighted by Gasteiger charge is -2.30. The van der Waals surface area contributed by atoms with Crippen LogP contribution in [0.25, 0.3) is 0 Å². The second-order valence-electron chi connectivity index (χ2n) is 7.25. The molecule has 5 heteroatoms. The van der Waals surface area contributed by atoms with Crippen LogP contribution in [-0.2, 0) is 13.1 Å². The molecule has 1 aliphatic rings. The van der Waals surface area contributed by atoms with Crippen LogP contribution in [0.4, 0.5) is 5.69 Å². The molecule has 0 amide bonds. The third-order valence-corrected chi connectivity index (χ3v) is 5.18. The fraction of sp³-hybridized carbons (Fsp3) is 0.409. The third-order valence-electron chi connectivity index (χ3n) is 5.18. The highest BCUT2D eigenvalue weighted by molar-refractivity contribution is 5.93. The number of nitrogens with zero attached hydrogens (tertiary/aromatic N) is 2. The first-order valence-electron chi connectivity index (χ1n) is 9.65. The van der Waals surface area contributed by atoms with Crippen molar-refractivity contribution in [2.24, 2.45) is 16.6 Å². The first kappa shape index (κ1) is 19.2. The van der Waals surface area contributed by atoms with Gasteiger partial charge < -0.3 is 15.8 Å². The Balaban J connectivity index is 1.64. The van der Waals surface area contributed by atoms with Crippen LogP contribution in [0.15, 0.2) is 53.5 Å². The highest BCUT2D eigenvalue weighted by atomic mass is 16.5. The molecule has 144 valence electrons. The average molecular weight is 367 g/mol. The number of methoxy groups -OCH3 is 1. The Morgan fingerprint density at radius 1 is 1.11 bits per heavy atom. The molecule has 0 unspecified atom stereocenters. The maximum absolute atomic E-state index is 6.10. The minimum Gasteiger partial charge on any atom is -0.495 e. The summed E-state index contributed by atoms with van der Waals surface area (Å²) in [6, 6.07) is 16.2. The van der Waals surface area contributed by atoms with Crippen molar-refractivity contribution in [3.8, 4) is 5.75 Å². The minimum atomic E-state index is 0.390. The van der Waals surface area contributed by atoms with Crippen LogP contribution < -0.4 is 15.8 Å². The molecule has 3 rings (SSSR count). The van der Waals surface area contributed by atoms with Gasteiger partial charge in [0.25, 0.3) is 0 Å². The summed E-state index contributed by atoms with van der Waals surface area (Å²) in [4.78, 5) is 7.08. The summed E-state index contributed by atoms with van der Waals surface area (Å²) in [5.41, 5.74) is 9.47. The maximum atomic E-state index is 6.10. The van der Waals surface area contributed by atoms with Gasteiger partial charge >= 0.3 is 0 Å². The molecule has 1 heterocycles. The predicted octanol–water partition coefficient (Wildman–Crippen LogP) is 3.85. The van der Waals surface area contributed by atoms with Gasteiger partial charge in [-0.1, -0.05) is 43.3 Å². The Morgan fingerprint density at radius 3 is 2.52 bits per heavy atom. The zero-order valence-corrected chi connectivity index (χ0v) is 16.3. The zero-order chi connectivity index (χ0) is 19.1. The van der Waals surface area contributed by atoms with E-state index in [1.807, 2.05) is 24.3 Å². The number of rotatable bonds is 6. The number of likely N-dealkylation sites (tertiary alicyclic amines) is 1. The summed E-state index contributed by atoms with van der Waals surface area (Å²) in [5.74, 6) is 1.98. The van der Waals surface area contributed by atoms with E-state index in [0.29, 0.717) is 12.5 Å². The fourth-order valence-electron chi connectivity index (χ4n) is 3.42. The van der Waals surface area contributed by atoms with Gasteiger partial charge in [-0.05, 0) is 55.1 Å². The number of benzene rings is 2. The Bertz CT molecular complexity index is 766. The molecule has 0 saturated carbocycles. The van der Waals surface area contributed by atoms with Crippen molar-refractivity contribution >= 4 is 11.6 Å². The standard InChI is InChI=1S/C22H30N4O/c1-17-11-13-26(14-12-17)16-19-8-4-3-7-18(19)15-24-22(23)25-20-9-5-6-10-21(20)27-2/h3-10,17H,11-16H2,1-2H3,(H3,23,24,25). The molecule has 3 N–H and O–H groups in total. The predicted molar refractivity (Wildman–Crippen MR) is 112 cm³/mol. The fourth-order valence-corrected chi connectivity index (χ4v) is 3.42. The van der Waals surface area contributed by atoms with Gasteiger partial charge in [-0.3, -0.25) is 4.90 Å². The molecular formula is C22H30N4O. The van der Waals surface area contributed by atoms with Gasteiger partial charge in [0.05, 0.1) is 19.3 Å². The second kappa shape index (κ2) is 9.42. The van der Waals surface area contributed by atoms with E-state index in [-0.39, 0.29) is 0 Å². The van der Waals surface area contributed by atoms with E-state index >= 15 is 0 Å². The van der Waals surface area contributed by atoms with E-state index in [0.717, 1.165) is 23.9 Å². The average Bonchev–Trinajstić information content (AvgIpc) is 2.69. The number of piperidine rings is 1. The lowest BCUT2D eigenvalue weighted by Crippen LogP contribution is -2.32. The van der Waals surface area contributed by atoms with E-state index in [4.69, 9.17) is 10.5 Å². The lowest BCUT2D eigenvalue weighted by molar-refractivity contribution is 0.185. The topological polar surface area (TPSA) is 62.9 Å². The van der Waals surface area contributed by atoms with E-state index in [2.05, 4.69) is 46.4 Å². The van der Waals surface area contributed by atoms with Crippen molar-refractivity contribution in [2.45, 2.75) is 32.9 Å². The number of guanidine groups is 1. The number of nitrogens with two attached hydrogens (primary N) is 1. The molecule has 0 aliphatic carbocycles. The van der Waals surface area contributed by atoms with E-state index in [1.165, 1.54) is 37.1 Å². The van der Waals surface area contributed by atoms with E-state index in [1.54, 1.807) is 7.11 Å². The summed E-state index contributed by atoms with van der Waals surface area (Å²) in [6.07, 6.45) is 2.58. The van der Waals surface area contributed by atoms with Crippen LogP contribution in [0.3, 0.4) is 0 Å². The Morgan fingerprint density at radius 2 is 1.78 bits per heavy atom. The van der Waals surface area contributed by atoms with Crippen LogP contribution in [0.1, 0.15) is 30.9 Å². The van der Waals surface area contributed by atoms with Crippen LogP contribution in [0, 0.1) is 5.92 Å². The Hall–Kier alpha value is -2.53. The second-order valence-corrected chi connectivity index (χ2v) is 7.25. The Labute approximate surface area is 162 Å². The quantitative estimate of drug-likeness (QED) is 0.602. The summed E-state index contributed by atoms with van der Waals surface area (Å²) < 4.78 is 5.34. The van der Waals surface area contributed by atoms with E-state index in [9.17, 15) is 0 Å². The number of para-hydroxylation sites is 2. The summed E-state index contributed by atoms with van der Waals surface area (Å²) in [5, 5.41) is 3.13. The van der Waals surface area contributed by atoms with Crippen LogP contribution in [-0.4, -0.2) is 31.1 Å². The van der Waals surface area contributed by atoms with Gasteiger partial charge in [0.1, 0.15) is 5.75 Å². The van der Waals surface area contributed by atoms with Gasteiger partial charge in [-0.2, -0.15) is 0 Å². The molecule has 0 aromatic heterocycles. The van der Waals surface area contributed by atoms with Gasteiger partial charge in [0, 0.05) is 6.54 Å². The number of hydrogen-bond acceptors (Lipinski definition) is 3. The third kappa shape index (κ3) is 5.47. The van der Waals surface area contributed by atoms with Crippen molar-refractivity contribution < 1.29 is 4.74 Å². The molecule has 2 aromatic carbocycles. The summed E-state index contributed by atoms with van der Waals surface area (Å²) in [7, 11) is 1.64. The monoisotopic (exact) mass is 366 g/mol. The number of aliphatic imine (C=N–C) groups is 1. The normalized spacial score (nSPS) is 16.3. The summed E-state index contributed by atoms with van der Waals surface area (Å²) in [6.45, 7) is 6.25. The van der Waals surface area contributed by atoms with Crippen molar-refractivity contribution in [3.63, 3.8) is 0 Å². The largest absolute Gasteiger partial charge is 0.495 e. The first-order chi connectivity index (χ1) is 13.2. The molecule has 0 spiro atoms. The molecular weight excluding hydrogens is 336 g/mol. The van der Waals surface area contributed by atoms with Crippen LogP contribution in [0.2, 0.25) is 0 Å². The highest BCUT2D eigenvalue weighted by Crippen LogP contribution is 2.23. The minimum absolute atomic E-state index is 0.390. The molecule has 0 bridgehead atoms.